The van der Waals surface area contributed by atoms with E-state index < -0.39 is 0 Å². The van der Waals surface area contributed by atoms with Crippen molar-refractivity contribution in [2.75, 3.05) is 10.2 Å². The highest BCUT2D eigenvalue weighted by Gasteiger charge is 2.38. The molecule has 1 aromatic heterocycles. The first-order valence-corrected chi connectivity index (χ1v) is 8.73. The summed E-state index contributed by atoms with van der Waals surface area (Å²) in [4.78, 5) is 19.3. The molecule has 1 aliphatic heterocycles. The molecule has 0 aliphatic carbocycles. The van der Waals surface area contributed by atoms with Crippen molar-refractivity contribution in [3.8, 4) is 0 Å². The van der Waals surface area contributed by atoms with Crippen molar-refractivity contribution in [2.24, 2.45) is 0 Å². The topological polar surface area (TPSA) is 45.2 Å². The Morgan fingerprint density at radius 1 is 0.962 bits per heavy atom. The molecule has 4 rings (SSSR count). The Kier molecular flexibility index (Phi) is 3.96. The zero-order chi connectivity index (χ0) is 18.3. The van der Waals surface area contributed by atoms with Crippen LogP contribution in [0.3, 0.4) is 0 Å². The molecule has 0 radical (unpaired) electrons. The maximum absolute atomic E-state index is 13.0. The van der Waals surface area contributed by atoms with E-state index in [0.29, 0.717) is 5.56 Å². The van der Waals surface area contributed by atoms with E-state index in [1.807, 2.05) is 49.4 Å². The van der Waals surface area contributed by atoms with Crippen molar-refractivity contribution in [3.05, 3.63) is 88.7 Å². The SMILES string of the molecule is Cc1ccc(N2C(=O)c3cccnc3[C@H]2Nc2ccc(C)c(C)c2)cc1. The first-order valence-electron chi connectivity index (χ1n) is 8.73. The average molecular weight is 343 g/mol. The van der Waals surface area contributed by atoms with Crippen LogP contribution in [0.4, 0.5) is 11.4 Å². The minimum Gasteiger partial charge on any atom is -0.360 e. The van der Waals surface area contributed by atoms with Crippen LogP contribution in [0.5, 0.6) is 0 Å². The lowest BCUT2D eigenvalue weighted by atomic mass is 10.1. The standard InChI is InChI=1S/C22H21N3O/c1-14-6-10-18(11-7-14)25-21(20-19(22(25)26)5-4-12-23-20)24-17-9-8-15(2)16(3)13-17/h4-13,21,24H,1-3H3/t21-/m0/s1. The monoisotopic (exact) mass is 343 g/mol. The molecule has 0 saturated carbocycles. The van der Waals surface area contributed by atoms with Crippen LogP contribution in [0.15, 0.2) is 60.8 Å². The molecule has 2 aromatic carbocycles. The van der Waals surface area contributed by atoms with Crippen LogP contribution in [0.2, 0.25) is 0 Å². The van der Waals surface area contributed by atoms with Crippen LogP contribution in [0, 0.1) is 20.8 Å². The minimum absolute atomic E-state index is 0.0294. The fraction of sp³-hybridized carbons (Fsp3) is 0.182. The quantitative estimate of drug-likeness (QED) is 0.744. The number of amides is 1. The molecular weight excluding hydrogens is 322 g/mol. The van der Waals surface area contributed by atoms with Gasteiger partial charge in [-0.1, -0.05) is 23.8 Å². The zero-order valence-electron chi connectivity index (χ0n) is 15.2. The maximum atomic E-state index is 13.0. The average Bonchev–Trinajstić information content (AvgIpc) is 2.92. The predicted molar refractivity (Wildman–Crippen MR) is 105 cm³/mol. The number of hydrogen-bond donors (Lipinski definition) is 1. The Bertz CT molecular complexity index is 979. The van der Waals surface area contributed by atoms with Crippen molar-refractivity contribution in [1.29, 1.82) is 0 Å². The van der Waals surface area contributed by atoms with Gasteiger partial charge < -0.3 is 5.32 Å². The lowest BCUT2D eigenvalue weighted by Gasteiger charge is -2.27. The van der Waals surface area contributed by atoms with Crippen LogP contribution in [0.25, 0.3) is 0 Å². The van der Waals surface area contributed by atoms with E-state index in [1.165, 1.54) is 11.1 Å². The molecule has 1 N–H and O–H groups in total. The minimum atomic E-state index is -0.330. The van der Waals surface area contributed by atoms with Gasteiger partial charge in [-0.2, -0.15) is 0 Å². The van der Waals surface area contributed by atoms with E-state index in [0.717, 1.165) is 22.6 Å². The first kappa shape index (κ1) is 16.3. The number of carbonyl (C=O) groups is 1. The number of benzene rings is 2. The third kappa shape index (κ3) is 2.73. The molecule has 0 unspecified atom stereocenters. The van der Waals surface area contributed by atoms with Gasteiger partial charge in [0.25, 0.3) is 5.91 Å². The summed E-state index contributed by atoms with van der Waals surface area (Å²) in [5.41, 5.74) is 6.86. The van der Waals surface area contributed by atoms with Crippen molar-refractivity contribution in [3.63, 3.8) is 0 Å². The third-order valence-corrected chi connectivity index (χ3v) is 4.93. The lowest BCUT2D eigenvalue weighted by Crippen LogP contribution is -2.32. The second kappa shape index (κ2) is 6.30. The van der Waals surface area contributed by atoms with Gasteiger partial charge in [0.2, 0.25) is 0 Å². The summed E-state index contributed by atoms with van der Waals surface area (Å²) in [5, 5.41) is 3.50. The van der Waals surface area contributed by atoms with Gasteiger partial charge in [0.15, 0.2) is 6.17 Å². The Morgan fingerprint density at radius 3 is 2.46 bits per heavy atom. The van der Waals surface area contributed by atoms with E-state index >= 15 is 0 Å². The van der Waals surface area contributed by atoms with Crippen LogP contribution >= 0.6 is 0 Å². The normalized spacial score (nSPS) is 15.9. The number of anilines is 2. The Morgan fingerprint density at radius 2 is 1.73 bits per heavy atom. The highest BCUT2D eigenvalue weighted by atomic mass is 16.2. The third-order valence-electron chi connectivity index (χ3n) is 4.93. The molecule has 4 heteroatoms. The van der Waals surface area contributed by atoms with Crippen molar-refractivity contribution in [1.82, 2.24) is 4.98 Å². The molecule has 0 spiro atoms. The summed E-state index contributed by atoms with van der Waals surface area (Å²) in [7, 11) is 0. The summed E-state index contributed by atoms with van der Waals surface area (Å²) in [6, 6.07) is 17.9. The van der Waals surface area contributed by atoms with Gasteiger partial charge in [0, 0.05) is 17.6 Å². The summed E-state index contributed by atoms with van der Waals surface area (Å²) in [5.74, 6) is -0.0294. The van der Waals surface area contributed by atoms with Gasteiger partial charge in [-0.15, -0.1) is 0 Å². The van der Waals surface area contributed by atoms with Gasteiger partial charge in [-0.3, -0.25) is 14.7 Å². The highest BCUT2D eigenvalue weighted by molar-refractivity contribution is 6.11. The van der Waals surface area contributed by atoms with E-state index in [2.05, 4.69) is 36.3 Å². The number of hydrogen-bond acceptors (Lipinski definition) is 3. The van der Waals surface area contributed by atoms with Gasteiger partial charge in [0.05, 0.1) is 11.3 Å². The van der Waals surface area contributed by atoms with Crippen LogP contribution < -0.4 is 10.2 Å². The number of aryl methyl sites for hydroxylation is 3. The van der Waals surface area contributed by atoms with Gasteiger partial charge >= 0.3 is 0 Å². The number of rotatable bonds is 3. The molecule has 4 nitrogen and oxygen atoms in total. The van der Waals surface area contributed by atoms with Crippen LogP contribution in [0.1, 0.15) is 38.9 Å². The largest absolute Gasteiger partial charge is 0.360 e. The van der Waals surface area contributed by atoms with Crippen molar-refractivity contribution in [2.45, 2.75) is 26.9 Å². The molecular formula is C22H21N3O. The highest BCUT2D eigenvalue weighted by Crippen LogP contribution is 2.37. The number of fused-ring (bicyclic) bond motifs is 1. The van der Waals surface area contributed by atoms with Crippen molar-refractivity contribution >= 4 is 17.3 Å². The van der Waals surface area contributed by atoms with Crippen LogP contribution in [-0.2, 0) is 0 Å². The summed E-state index contributed by atoms with van der Waals surface area (Å²) in [6.07, 6.45) is 1.41. The second-order valence-corrected chi connectivity index (χ2v) is 6.79. The molecule has 1 amide bonds. The molecule has 1 atom stereocenters. The number of pyridine rings is 1. The first-order chi connectivity index (χ1) is 12.5. The summed E-state index contributed by atoms with van der Waals surface area (Å²) >= 11 is 0. The van der Waals surface area contributed by atoms with Crippen LogP contribution in [-0.4, -0.2) is 10.9 Å². The van der Waals surface area contributed by atoms with Crippen molar-refractivity contribution < 1.29 is 4.79 Å². The second-order valence-electron chi connectivity index (χ2n) is 6.79. The summed E-state index contributed by atoms with van der Waals surface area (Å²) < 4.78 is 0. The van der Waals surface area contributed by atoms with E-state index in [-0.39, 0.29) is 12.1 Å². The number of nitrogens with one attached hydrogen (secondary N) is 1. The van der Waals surface area contributed by atoms with E-state index in [9.17, 15) is 4.79 Å². The molecule has 3 aromatic rings. The molecule has 0 fully saturated rings. The van der Waals surface area contributed by atoms with Gasteiger partial charge in [0.1, 0.15) is 0 Å². The smallest absolute Gasteiger partial charge is 0.262 e. The molecule has 1 aliphatic rings. The Balaban J connectivity index is 1.77. The molecule has 0 saturated heterocycles. The molecule has 2 heterocycles. The lowest BCUT2D eigenvalue weighted by molar-refractivity contribution is 0.0993. The van der Waals surface area contributed by atoms with Gasteiger partial charge in [-0.05, 0) is 68.3 Å². The number of nitrogens with zero attached hydrogens (tertiary/aromatic N) is 2. The van der Waals surface area contributed by atoms with Gasteiger partial charge in [-0.25, -0.2) is 0 Å². The summed E-state index contributed by atoms with van der Waals surface area (Å²) in [6.45, 7) is 6.22. The molecule has 130 valence electrons. The zero-order valence-corrected chi connectivity index (χ0v) is 15.2. The van der Waals surface area contributed by atoms with E-state index in [1.54, 1.807) is 11.1 Å². The molecule has 0 bridgehead atoms. The Hall–Kier alpha value is -3.14. The number of carbonyl (C=O) groups excluding carboxylic acids is 1. The predicted octanol–water partition coefficient (Wildman–Crippen LogP) is 4.78. The van der Waals surface area contributed by atoms with E-state index in [4.69, 9.17) is 0 Å². The Labute approximate surface area is 153 Å². The fourth-order valence-corrected chi connectivity index (χ4v) is 3.28. The fourth-order valence-electron chi connectivity index (χ4n) is 3.28. The molecule has 26 heavy (non-hydrogen) atoms. The maximum Gasteiger partial charge on any atom is 0.262 e. The number of aromatic nitrogens is 1.